The molecule has 13 nitrogen and oxygen atoms in total. The molecule has 2 aromatic heterocycles. The van der Waals surface area contributed by atoms with E-state index in [9.17, 15) is 29.8 Å². The Morgan fingerprint density at radius 3 is 1.44 bits per heavy atom. The lowest BCUT2D eigenvalue weighted by Gasteiger charge is -2.14. The van der Waals surface area contributed by atoms with Gasteiger partial charge in [-0.2, -0.15) is 0 Å². The van der Waals surface area contributed by atoms with Crippen molar-refractivity contribution >= 4 is 89.3 Å². The number of nitrogens with two attached hydrogens (primary N) is 1. The van der Waals surface area contributed by atoms with E-state index in [0.717, 1.165) is 55.0 Å². The monoisotopic (exact) mass is 1010 g/mol. The van der Waals surface area contributed by atoms with Crippen molar-refractivity contribution in [2.75, 3.05) is 0 Å². The summed E-state index contributed by atoms with van der Waals surface area (Å²) in [4.78, 5) is 43.9. The van der Waals surface area contributed by atoms with Crippen LogP contribution in [-0.2, 0) is 13.1 Å². The smallest absolute Gasteiger partial charge is 0.335 e. The van der Waals surface area contributed by atoms with E-state index in [4.69, 9.17) is 10.8 Å². The summed E-state index contributed by atoms with van der Waals surface area (Å²) in [6.07, 6.45) is 4.01. The van der Waals surface area contributed by atoms with Crippen molar-refractivity contribution in [1.82, 2.24) is 14.5 Å². The van der Waals surface area contributed by atoms with Gasteiger partial charge in [0.1, 0.15) is 0 Å². The minimum absolute atomic E-state index is 0. The molecule has 0 saturated carbocycles. The van der Waals surface area contributed by atoms with Gasteiger partial charge in [-0.1, -0.05) is 80.4 Å². The molecule has 0 radical (unpaired) electrons. The van der Waals surface area contributed by atoms with Crippen molar-refractivity contribution in [3.8, 4) is 0 Å². The maximum absolute atomic E-state index is 12.7. The summed E-state index contributed by atoms with van der Waals surface area (Å²) in [5.41, 5.74) is 12.8. The van der Waals surface area contributed by atoms with Crippen LogP contribution >= 0.6 is 44.3 Å². The fourth-order valence-corrected chi connectivity index (χ4v) is 7.20. The molecule has 0 aliphatic heterocycles. The van der Waals surface area contributed by atoms with E-state index < -0.39 is 15.8 Å². The maximum Gasteiger partial charge on any atom is 0.335 e. The van der Waals surface area contributed by atoms with Crippen molar-refractivity contribution in [3.05, 3.63) is 221 Å². The Morgan fingerprint density at radius 1 is 0.625 bits per heavy atom. The van der Waals surface area contributed by atoms with E-state index in [1.165, 1.54) is 35.4 Å². The number of fused-ring (bicyclic) bond motifs is 2. The summed E-state index contributed by atoms with van der Waals surface area (Å²) in [6, 6.07) is 43.3. The second-order valence-corrected chi connectivity index (χ2v) is 16.5. The van der Waals surface area contributed by atoms with E-state index >= 15 is 0 Å². The molecule has 2 atom stereocenters. The summed E-state index contributed by atoms with van der Waals surface area (Å²) in [5, 5.41) is 35.0. The predicted molar refractivity (Wildman–Crippen MR) is 259 cm³/mol. The van der Waals surface area contributed by atoms with Gasteiger partial charge in [-0.15, -0.1) is 12.4 Å². The molecule has 6 aromatic carbocycles. The zero-order chi connectivity index (χ0) is 45.2. The second kappa shape index (κ2) is 22.1. The molecule has 0 aliphatic carbocycles. The zero-order valence-corrected chi connectivity index (χ0v) is 38.5. The second-order valence-electron chi connectivity index (χ2n) is 14.7. The molecule has 8 rings (SSSR count). The number of non-ortho nitro benzene ring substituents is 2. The minimum atomic E-state index is -0.896. The zero-order valence-electron chi connectivity index (χ0n) is 34.5. The number of rotatable bonds is 11. The number of aromatic carboxylic acids is 1. The fraction of sp³-hybridized carbons (Fsp3) is 0.125. The van der Waals surface area contributed by atoms with Gasteiger partial charge in [-0.3, -0.25) is 25.0 Å². The average molecular weight is 1010 g/mol. The molecule has 0 aliphatic rings. The molecule has 16 heteroatoms. The Labute approximate surface area is 391 Å². The van der Waals surface area contributed by atoms with Gasteiger partial charge in [0.15, 0.2) is 0 Å². The molecule has 1 amide bonds. The molecule has 4 N–H and O–H groups in total. The van der Waals surface area contributed by atoms with Crippen LogP contribution < -0.4 is 11.1 Å². The number of carbonyl (C=O) groups excluding carboxylic acids is 1. The minimum Gasteiger partial charge on any atom is -0.478 e. The highest BCUT2D eigenvalue weighted by atomic mass is 79.9. The van der Waals surface area contributed by atoms with Crippen molar-refractivity contribution < 1.29 is 24.5 Å². The molecule has 328 valence electrons. The highest BCUT2D eigenvalue weighted by molar-refractivity contribution is 9.10. The predicted octanol–water partition coefficient (Wildman–Crippen LogP) is 12.0. The van der Waals surface area contributed by atoms with Crippen LogP contribution in [0.2, 0.25) is 0 Å². The topological polar surface area (TPSA) is 189 Å². The Bertz CT molecular complexity index is 2880. The summed E-state index contributed by atoms with van der Waals surface area (Å²) >= 11 is 6.88. The SMILES string of the molecule is C[C@H](N)c1ccc([N+](=O)[O-])cc1.C[C@H](NC(=O)c1ccc2c(ccn2Cc2ccc(Br)cc2)c1)c1ccc([N+](=O)[O-])cc1.Cl.O=C(O)c1ccc2c(ccn2Cc2ccc(Br)cc2)c1. The number of benzene rings is 6. The van der Waals surface area contributed by atoms with Crippen LogP contribution in [0.4, 0.5) is 11.4 Å². The van der Waals surface area contributed by atoms with Gasteiger partial charge in [0.05, 0.1) is 21.5 Å². The number of carboxylic acids is 1. The molecular formula is C48H43Br2ClN6O7. The summed E-state index contributed by atoms with van der Waals surface area (Å²) in [7, 11) is 0. The standard InChI is InChI=1S/C24H20BrN3O3.C16H12BrNO2.C8H10N2O2.ClH/c1-16(18-4-9-22(10-5-18)28(30)31)26-24(29)20-6-11-23-19(14-20)12-13-27(23)15-17-2-7-21(25)8-3-17;17-14-4-1-11(2-5-14)10-18-8-7-12-9-13(16(19)20)3-6-15(12)18;1-6(9)7-2-4-8(5-3-7)10(11)12;/h2-14,16H,15H2,1H3,(H,26,29);1-9H,10H2,(H,19,20);2-6H,9H2,1H3;1H/t16-;;6-;/m0.0./s1. The first-order valence-electron chi connectivity index (χ1n) is 19.6. The van der Waals surface area contributed by atoms with Crippen LogP contribution in [0.5, 0.6) is 0 Å². The van der Waals surface area contributed by atoms with Crippen LogP contribution in [-0.4, -0.2) is 36.0 Å². The van der Waals surface area contributed by atoms with Gasteiger partial charge < -0.3 is 25.3 Å². The Morgan fingerprint density at radius 2 is 1.03 bits per heavy atom. The van der Waals surface area contributed by atoms with E-state index in [1.54, 1.807) is 36.4 Å². The van der Waals surface area contributed by atoms with Crippen LogP contribution in [0.15, 0.2) is 167 Å². The lowest BCUT2D eigenvalue weighted by atomic mass is 10.1. The van der Waals surface area contributed by atoms with Crippen LogP contribution in [0.3, 0.4) is 0 Å². The van der Waals surface area contributed by atoms with Gasteiger partial charge in [0.25, 0.3) is 17.3 Å². The molecule has 0 bridgehead atoms. The number of carbonyl (C=O) groups is 2. The fourth-order valence-electron chi connectivity index (χ4n) is 6.67. The van der Waals surface area contributed by atoms with Gasteiger partial charge in [0.2, 0.25) is 0 Å². The maximum atomic E-state index is 12.7. The number of hydrogen-bond acceptors (Lipinski definition) is 7. The van der Waals surface area contributed by atoms with Crippen LogP contribution in [0, 0.1) is 20.2 Å². The normalized spacial score (nSPS) is 11.5. The van der Waals surface area contributed by atoms with E-state index in [1.807, 2.05) is 86.9 Å². The first-order chi connectivity index (χ1) is 30.1. The number of carboxylic acid groups (broad SMARTS) is 1. The number of nitrogens with one attached hydrogen (secondary N) is 1. The van der Waals surface area contributed by atoms with Crippen molar-refractivity contribution in [1.29, 1.82) is 0 Å². The molecule has 8 aromatic rings. The van der Waals surface area contributed by atoms with Gasteiger partial charge in [-0.25, -0.2) is 4.79 Å². The Kier molecular flexibility index (Phi) is 16.7. The number of hydrogen-bond donors (Lipinski definition) is 3. The molecule has 64 heavy (non-hydrogen) atoms. The van der Waals surface area contributed by atoms with Gasteiger partial charge in [-0.05, 0) is 109 Å². The first-order valence-corrected chi connectivity index (χ1v) is 21.2. The number of nitrogens with zero attached hydrogens (tertiary/aromatic N) is 4. The summed E-state index contributed by atoms with van der Waals surface area (Å²) in [5.74, 6) is -1.08. The Balaban J connectivity index is 0.000000200. The van der Waals surface area contributed by atoms with E-state index in [0.29, 0.717) is 11.1 Å². The van der Waals surface area contributed by atoms with Gasteiger partial charge >= 0.3 is 5.97 Å². The summed E-state index contributed by atoms with van der Waals surface area (Å²) < 4.78 is 6.38. The largest absolute Gasteiger partial charge is 0.478 e. The molecular weight excluding hydrogens is 968 g/mol. The highest BCUT2D eigenvalue weighted by Gasteiger charge is 2.15. The quantitative estimate of drug-likeness (QED) is 0.0843. The molecule has 2 heterocycles. The number of halogens is 3. The van der Waals surface area contributed by atoms with E-state index in [-0.39, 0.29) is 41.8 Å². The van der Waals surface area contributed by atoms with Crippen molar-refractivity contribution in [2.45, 2.75) is 39.0 Å². The third kappa shape index (κ3) is 12.7. The molecule has 0 fully saturated rings. The molecule has 0 spiro atoms. The Hall–Kier alpha value is -6.65. The van der Waals surface area contributed by atoms with Crippen molar-refractivity contribution in [2.24, 2.45) is 5.73 Å². The third-order valence-corrected chi connectivity index (χ3v) is 11.2. The first kappa shape index (κ1) is 48.4. The number of amides is 1. The van der Waals surface area contributed by atoms with E-state index in [2.05, 4.69) is 70.6 Å². The highest BCUT2D eigenvalue weighted by Crippen LogP contribution is 2.23. The lowest BCUT2D eigenvalue weighted by molar-refractivity contribution is -0.385. The van der Waals surface area contributed by atoms with Crippen molar-refractivity contribution in [3.63, 3.8) is 0 Å². The average Bonchev–Trinajstić information content (AvgIpc) is 3.88. The van der Waals surface area contributed by atoms with Gasteiger partial charge in [0, 0.05) is 92.1 Å². The molecule has 0 unspecified atom stereocenters. The van der Waals surface area contributed by atoms with Crippen LogP contribution in [0.25, 0.3) is 21.8 Å². The lowest BCUT2D eigenvalue weighted by Crippen LogP contribution is -2.26. The summed E-state index contributed by atoms with van der Waals surface area (Å²) in [6.45, 7) is 5.20. The number of nitro benzene ring substituents is 2. The number of aromatic nitrogens is 2. The third-order valence-electron chi connectivity index (χ3n) is 10.2. The van der Waals surface area contributed by atoms with Crippen LogP contribution in [0.1, 0.15) is 68.9 Å². The molecule has 0 saturated heterocycles. The number of nitro groups is 2.